The number of halogens is 1. The molecular formula is C25H23BrN6OS. The van der Waals surface area contributed by atoms with Gasteiger partial charge >= 0.3 is 0 Å². The summed E-state index contributed by atoms with van der Waals surface area (Å²) in [7, 11) is 3.98. The molecule has 0 spiro atoms. The summed E-state index contributed by atoms with van der Waals surface area (Å²) in [5.41, 5.74) is 6.44. The number of hydrogen-bond acceptors (Lipinski definition) is 6. The molecule has 4 rings (SSSR count). The number of aromatic nitrogens is 3. The number of anilines is 1. The van der Waals surface area contributed by atoms with Crippen molar-refractivity contribution in [3.63, 3.8) is 0 Å². The van der Waals surface area contributed by atoms with Crippen LogP contribution in [0.25, 0.3) is 17.1 Å². The van der Waals surface area contributed by atoms with Crippen molar-refractivity contribution in [3.8, 4) is 17.1 Å². The van der Waals surface area contributed by atoms with E-state index in [-0.39, 0.29) is 11.7 Å². The molecule has 0 aliphatic heterocycles. The smallest absolute Gasteiger partial charge is 0.250 e. The van der Waals surface area contributed by atoms with E-state index in [0.717, 1.165) is 27.0 Å². The molecule has 7 nitrogen and oxygen atoms in total. The molecule has 0 fully saturated rings. The maximum Gasteiger partial charge on any atom is 0.250 e. The first-order valence-electron chi connectivity index (χ1n) is 10.5. The third-order valence-electron chi connectivity index (χ3n) is 4.89. The number of hydrogen-bond donors (Lipinski definition) is 1. The molecule has 172 valence electrons. The second-order valence-electron chi connectivity index (χ2n) is 7.55. The van der Waals surface area contributed by atoms with Gasteiger partial charge in [-0.3, -0.25) is 9.36 Å². The lowest BCUT2D eigenvalue weighted by Gasteiger charge is -2.11. The lowest BCUT2D eigenvalue weighted by molar-refractivity contribution is -0.118. The lowest BCUT2D eigenvalue weighted by atomic mass is 10.2. The van der Waals surface area contributed by atoms with Gasteiger partial charge in [0.15, 0.2) is 11.0 Å². The zero-order valence-electron chi connectivity index (χ0n) is 18.7. The Labute approximate surface area is 211 Å². The number of nitrogens with one attached hydrogen (secondary N) is 1. The third kappa shape index (κ3) is 5.92. The second kappa shape index (κ2) is 11.1. The van der Waals surface area contributed by atoms with Gasteiger partial charge < -0.3 is 4.90 Å². The highest BCUT2D eigenvalue weighted by atomic mass is 79.9. The van der Waals surface area contributed by atoms with Crippen molar-refractivity contribution in [2.75, 3.05) is 24.7 Å². The van der Waals surface area contributed by atoms with Crippen molar-refractivity contribution in [2.45, 2.75) is 5.16 Å². The minimum Gasteiger partial charge on any atom is -0.378 e. The molecule has 34 heavy (non-hydrogen) atoms. The SMILES string of the molecule is CN(C)c1ccc(C=NNC(=O)CSc2nnc(-c3ccc(Br)cc3)n2-c2ccccc2)cc1. The highest BCUT2D eigenvalue weighted by molar-refractivity contribution is 9.10. The average Bonchev–Trinajstić information content (AvgIpc) is 3.28. The van der Waals surface area contributed by atoms with Gasteiger partial charge in [0.25, 0.3) is 5.91 Å². The van der Waals surface area contributed by atoms with E-state index in [9.17, 15) is 4.79 Å². The van der Waals surface area contributed by atoms with Crippen LogP contribution in [0, 0.1) is 0 Å². The Balaban J connectivity index is 1.45. The highest BCUT2D eigenvalue weighted by Crippen LogP contribution is 2.28. The van der Waals surface area contributed by atoms with E-state index in [1.54, 1.807) is 6.21 Å². The molecule has 0 saturated carbocycles. The van der Waals surface area contributed by atoms with Gasteiger partial charge in [0.2, 0.25) is 0 Å². The number of carbonyl (C=O) groups excluding carboxylic acids is 1. The van der Waals surface area contributed by atoms with E-state index in [2.05, 4.69) is 36.7 Å². The summed E-state index contributed by atoms with van der Waals surface area (Å²) in [5, 5.41) is 13.5. The molecule has 0 bridgehead atoms. The third-order valence-corrected chi connectivity index (χ3v) is 6.35. The number of para-hydroxylation sites is 1. The van der Waals surface area contributed by atoms with Crippen LogP contribution in [0.5, 0.6) is 0 Å². The van der Waals surface area contributed by atoms with Gasteiger partial charge in [-0.2, -0.15) is 5.10 Å². The molecule has 1 heterocycles. The zero-order valence-corrected chi connectivity index (χ0v) is 21.1. The summed E-state index contributed by atoms with van der Waals surface area (Å²) in [6, 6.07) is 25.6. The van der Waals surface area contributed by atoms with Crippen LogP contribution in [-0.4, -0.2) is 46.7 Å². The maximum absolute atomic E-state index is 12.4. The van der Waals surface area contributed by atoms with E-state index in [1.165, 1.54) is 11.8 Å². The number of amides is 1. The topological polar surface area (TPSA) is 75.4 Å². The minimum atomic E-state index is -0.223. The Morgan fingerprint density at radius 2 is 1.74 bits per heavy atom. The Morgan fingerprint density at radius 3 is 2.41 bits per heavy atom. The minimum absolute atomic E-state index is 0.155. The van der Waals surface area contributed by atoms with Crippen LogP contribution in [0.4, 0.5) is 5.69 Å². The van der Waals surface area contributed by atoms with Crippen molar-refractivity contribution in [2.24, 2.45) is 5.10 Å². The normalized spacial score (nSPS) is 11.0. The molecule has 9 heteroatoms. The largest absolute Gasteiger partial charge is 0.378 e. The van der Waals surface area contributed by atoms with Crippen LogP contribution in [0.15, 0.2) is 93.6 Å². The summed E-state index contributed by atoms with van der Waals surface area (Å²) in [6.07, 6.45) is 1.63. The molecule has 3 aromatic carbocycles. The van der Waals surface area contributed by atoms with Crippen LogP contribution in [0.1, 0.15) is 5.56 Å². The van der Waals surface area contributed by atoms with Gasteiger partial charge in [0, 0.05) is 35.5 Å². The summed E-state index contributed by atoms with van der Waals surface area (Å²) in [5.74, 6) is 0.641. The molecule has 1 aromatic heterocycles. The fourth-order valence-corrected chi connectivity index (χ4v) is 4.17. The predicted molar refractivity (Wildman–Crippen MR) is 142 cm³/mol. The van der Waals surface area contributed by atoms with Crippen molar-refractivity contribution in [1.29, 1.82) is 0 Å². The van der Waals surface area contributed by atoms with E-state index in [1.807, 2.05) is 102 Å². The Hall–Kier alpha value is -3.43. The molecule has 1 amide bonds. The monoisotopic (exact) mass is 534 g/mol. The van der Waals surface area contributed by atoms with Crippen molar-refractivity contribution in [3.05, 3.63) is 88.9 Å². The summed E-state index contributed by atoms with van der Waals surface area (Å²) < 4.78 is 2.94. The van der Waals surface area contributed by atoms with Crippen LogP contribution in [0.2, 0.25) is 0 Å². The standard InChI is InChI=1S/C25H23BrN6OS/c1-31(2)21-14-8-18(9-15-21)16-27-28-23(33)17-34-25-30-29-24(19-10-12-20(26)13-11-19)32(25)22-6-4-3-5-7-22/h3-16H,17H2,1-2H3,(H,28,33). The van der Waals surface area contributed by atoms with Crippen molar-refractivity contribution >= 4 is 45.5 Å². The molecule has 0 aliphatic carbocycles. The van der Waals surface area contributed by atoms with Crippen LogP contribution < -0.4 is 10.3 Å². The Bertz CT molecular complexity index is 1270. The number of thioether (sulfide) groups is 1. The quantitative estimate of drug-likeness (QED) is 0.195. The van der Waals surface area contributed by atoms with Gasteiger partial charge in [-0.1, -0.05) is 70.2 Å². The molecule has 0 radical (unpaired) electrons. The number of nitrogens with zero attached hydrogens (tertiary/aromatic N) is 5. The van der Waals surface area contributed by atoms with Gasteiger partial charge in [0.05, 0.1) is 12.0 Å². The molecule has 0 atom stereocenters. The van der Waals surface area contributed by atoms with Gasteiger partial charge in [-0.25, -0.2) is 5.43 Å². The number of carbonyl (C=O) groups is 1. The van der Waals surface area contributed by atoms with Crippen LogP contribution in [-0.2, 0) is 4.79 Å². The molecule has 0 aliphatic rings. The highest BCUT2D eigenvalue weighted by Gasteiger charge is 2.17. The first-order chi connectivity index (χ1) is 16.5. The predicted octanol–water partition coefficient (Wildman–Crippen LogP) is 5.01. The Morgan fingerprint density at radius 1 is 1.03 bits per heavy atom. The van der Waals surface area contributed by atoms with E-state index in [4.69, 9.17) is 0 Å². The Kier molecular flexibility index (Phi) is 7.76. The first-order valence-corrected chi connectivity index (χ1v) is 12.3. The van der Waals surface area contributed by atoms with Crippen molar-refractivity contribution in [1.82, 2.24) is 20.2 Å². The number of rotatable bonds is 8. The fraction of sp³-hybridized carbons (Fsp3) is 0.120. The molecular weight excluding hydrogens is 512 g/mol. The van der Waals surface area contributed by atoms with Crippen LogP contribution in [0.3, 0.4) is 0 Å². The van der Waals surface area contributed by atoms with E-state index < -0.39 is 0 Å². The number of hydrazone groups is 1. The molecule has 0 saturated heterocycles. The molecule has 0 unspecified atom stereocenters. The lowest BCUT2D eigenvalue weighted by Crippen LogP contribution is -2.20. The zero-order chi connectivity index (χ0) is 23.9. The van der Waals surface area contributed by atoms with E-state index in [0.29, 0.717) is 11.0 Å². The van der Waals surface area contributed by atoms with Gasteiger partial charge in [-0.15, -0.1) is 10.2 Å². The maximum atomic E-state index is 12.4. The van der Waals surface area contributed by atoms with E-state index >= 15 is 0 Å². The number of benzene rings is 3. The van der Waals surface area contributed by atoms with Crippen LogP contribution >= 0.6 is 27.7 Å². The average molecular weight is 535 g/mol. The second-order valence-corrected chi connectivity index (χ2v) is 9.41. The summed E-state index contributed by atoms with van der Waals surface area (Å²) in [4.78, 5) is 14.4. The first kappa shape index (κ1) is 23.7. The summed E-state index contributed by atoms with van der Waals surface area (Å²) in [6.45, 7) is 0. The fourth-order valence-electron chi connectivity index (χ4n) is 3.16. The molecule has 1 N–H and O–H groups in total. The van der Waals surface area contributed by atoms with Gasteiger partial charge in [-0.05, 0) is 42.0 Å². The molecule has 4 aromatic rings. The van der Waals surface area contributed by atoms with Gasteiger partial charge in [0.1, 0.15) is 0 Å². The van der Waals surface area contributed by atoms with Crippen molar-refractivity contribution < 1.29 is 4.79 Å². The summed E-state index contributed by atoms with van der Waals surface area (Å²) >= 11 is 4.78.